The average Bonchev–Trinajstić information content (AvgIpc) is 2.86. The third-order valence-corrected chi connectivity index (χ3v) is 3.43. The van der Waals surface area contributed by atoms with Crippen molar-refractivity contribution in [2.45, 2.75) is 19.4 Å². The maximum absolute atomic E-state index is 9.93. The molecule has 3 rings (SSSR count). The van der Waals surface area contributed by atoms with Gasteiger partial charge in [0.1, 0.15) is 11.3 Å². The molecule has 1 aliphatic carbocycles. The van der Waals surface area contributed by atoms with Crippen molar-refractivity contribution in [3.63, 3.8) is 0 Å². The van der Waals surface area contributed by atoms with E-state index in [-0.39, 0.29) is 28.8 Å². The first-order valence-electron chi connectivity index (χ1n) is 5.55. The standard InChI is InChI=1S/C11H11ClN4O2/c1-5-2-7(9(18)8(5)17)16-4-14-6-3-13-11(12)15-10(6)16/h3-5,7,17-18H,2H2,1H3/t5-,7+/m0/s1. The van der Waals surface area contributed by atoms with Gasteiger partial charge in [-0.05, 0) is 18.0 Å². The maximum Gasteiger partial charge on any atom is 0.224 e. The Morgan fingerprint density at radius 3 is 2.78 bits per heavy atom. The second-order valence-electron chi connectivity index (χ2n) is 4.42. The van der Waals surface area contributed by atoms with Gasteiger partial charge in [0, 0.05) is 5.92 Å². The number of aliphatic hydroxyl groups is 2. The molecule has 2 aromatic rings. The summed E-state index contributed by atoms with van der Waals surface area (Å²) in [6, 6.07) is -0.351. The third-order valence-electron chi connectivity index (χ3n) is 3.24. The van der Waals surface area contributed by atoms with Crippen LogP contribution in [0.4, 0.5) is 0 Å². The Balaban J connectivity index is 2.14. The number of halogens is 1. The van der Waals surface area contributed by atoms with Crippen LogP contribution in [0.25, 0.3) is 11.2 Å². The van der Waals surface area contributed by atoms with Crippen molar-refractivity contribution in [3.05, 3.63) is 29.3 Å². The summed E-state index contributed by atoms with van der Waals surface area (Å²) in [7, 11) is 0. The average molecular weight is 267 g/mol. The van der Waals surface area contributed by atoms with E-state index in [1.165, 1.54) is 6.20 Å². The number of aromatic nitrogens is 4. The minimum atomic E-state index is -0.351. The first-order chi connectivity index (χ1) is 8.58. The van der Waals surface area contributed by atoms with Crippen LogP contribution in [0.2, 0.25) is 5.28 Å². The van der Waals surface area contributed by atoms with E-state index in [0.717, 1.165) is 0 Å². The number of allylic oxidation sites excluding steroid dienone is 2. The minimum Gasteiger partial charge on any atom is -0.508 e. The Bertz CT molecular complexity index is 652. The molecule has 94 valence electrons. The summed E-state index contributed by atoms with van der Waals surface area (Å²) in [6.45, 7) is 1.85. The molecule has 2 heterocycles. The molecule has 0 aromatic carbocycles. The fourth-order valence-corrected chi connectivity index (χ4v) is 2.39. The normalized spacial score (nSPS) is 24.1. The second kappa shape index (κ2) is 3.84. The fraction of sp³-hybridized carbons (Fsp3) is 0.364. The first kappa shape index (κ1) is 11.3. The molecule has 0 amide bonds. The predicted molar refractivity (Wildman–Crippen MR) is 65.4 cm³/mol. The number of hydrogen-bond donors (Lipinski definition) is 2. The van der Waals surface area contributed by atoms with Gasteiger partial charge in [0.25, 0.3) is 0 Å². The molecule has 7 heteroatoms. The molecular weight excluding hydrogens is 256 g/mol. The molecule has 1 aliphatic rings. The van der Waals surface area contributed by atoms with Crippen LogP contribution in [0, 0.1) is 5.92 Å². The van der Waals surface area contributed by atoms with E-state index in [0.29, 0.717) is 17.6 Å². The van der Waals surface area contributed by atoms with Gasteiger partial charge in [-0.2, -0.15) is 4.98 Å². The van der Waals surface area contributed by atoms with E-state index in [2.05, 4.69) is 15.0 Å². The molecular formula is C11H11ClN4O2. The van der Waals surface area contributed by atoms with E-state index in [1.54, 1.807) is 10.9 Å². The first-order valence-corrected chi connectivity index (χ1v) is 5.92. The van der Waals surface area contributed by atoms with Gasteiger partial charge in [0.05, 0.1) is 18.6 Å². The Kier molecular flexibility index (Phi) is 2.41. The highest BCUT2D eigenvalue weighted by atomic mass is 35.5. The van der Waals surface area contributed by atoms with Crippen molar-refractivity contribution < 1.29 is 10.2 Å². The molecule has 0 saturated carbocycles. The van der Waals surface area contributed by atoms with Gasteiger partial charge >= 0.3 is 0 Å². The highest BCUT2D eigenvalue weighted by Gasteiger charge is 2.33. The summed E-state index contributed by atoms with van der Waals surface area (Å²) in [4.78, 5) is 12.1. The van der Waals surface area contributed by atoms with Gasteiger partial charge in [0.15, 0.2) is 11.4 Å². The highest BCUT2D eigenvalue weighted by molar-refractivity contribution is 6.28. The van der Waals surface area contributed by atoms with E-state index in [1.807, 2.05) is 6.92 Å². The smallest absolute Gasteiger partial charge is 0.224 e. The topological polar surface area (TPSA) is 84.1 Å². The Labute approximate surface area is 108 Å². The summed E-state index contributed by atoms with van der Waals surface area (Å²) >= 11 is 5.76. The number of hydrogen-bond acceptors (Lipinski definition) is 5. The van der Waals surface area contributed by atoms with Gasteiger partial charge in [-0.25, -0.2) is 9.97 Å². The summed E-state index contributed by atoms with van der Waals surface area (Å²) < 4.78 is 1.71. The number of fused-ring (bicyclic) bond motifs is 1. The van der Waals surface area contributed by atoms with Gasteiger partial charge in [0.2, 0.25) is 5.28 Å². The van der Waals surface area contributed by atoms with Crippen LogP contribution >= 0.6 is 11.6 Å². The molecule has 0 radical (unpaired) electrons. The molecule has 0 bridgehead atoms. The predicted octanol–water partition coefficient (Wildman–Crippen LogP) is 2.39. The summed E-state index contributed by atoms with van der Waals surface area (Å²) in [5.74, 6) is -0.0803. The largest absolute Gasteiger partial charge is 0.508 e. The Morgan fingerprint density at radius 2 is 2.11 bits per heavy atom. The van der Waals surface area contributed by atoms with Gasteiger partial charge in [-0.1, -0.05) is 6.92 Å². The van der Waals surface area contributed by atoms with Crippen molar-refractivity contribution in [3.8, 4) is 0 Å². The van der Waals surface area contributed by atoms with E-state index >= 15 is 0 Å². The van der Waals surface area contributed by atoms with Crippen LogP contribution in [-0.4, -0.2) is 29.7 Å². The number of nitrogens with zero attached hydrogens (tertiary/aromatic N) is 4. The lowest BCUT2D eigenvalue weighted by Crippen LogP contribution is -2.08. The SMILES string of the molecule is C[C@H]1C[C@@H](n2cnc3cnc(Cl)nc32)C(O)=C1O. The number of imidazole rings is 1. The second-order valence-corrected chi connectivity index (χ2v) is 4.76. The molecule has 2 atom stereocenters. The van der Waals surface area contributed by atoms with Crippen LogP contribution in [-0.2, 0) is 0 Å². The molecule has 18 heavy (non-hydrogen) atoms. The number of rotatable bonds is 1. The Hall–Kier alpha value is -1.82. The van der Waals surface area contributed by atoms with Gasteiger partial charge in [-0.3, -0.25) is 0 Å². The quantitative estimate of drug-likeness (QED) is 0.774. The van der Waals surface area contributed by atoms with Crippen molar-refractivity contribution in [1.29, 1.82) is 0 Å². The summed E-state index contributed by atoms with van der Waals surface area (Å²) in [6.07, 6.45) is 3.70. The lowest BCUT2D eigenvalue weighted by atomic mass is 10.1. The van der Waals surface area contributed by atoms with Crippen molar-refractivity contribution in [2.24, 2.45) is 5.92 Å². The van der Waals surface area contributed by atoms with Crippen molar-refractivity contribution >= 4 is 22.8 Å². The molecule has 6 nitrogen and oxygen atoms in total. The van der Waals surface area contributed by atoms with E-state index < -0.39 is 0 Å². The van der Waals surface area contributed by atoms with Crippen LogP contribution in [0.15, 0.2) is 24.0 Å². The molecule has 0 fully saturated rings. The Morgan fingerprint density at radius 1 is 1.33 bits per heavy atom. The minimum absolute atomic E-state index is 0.0296. The summed E-state index contributed by atoms with van der Waals surface area (Å²) in [5, 5.41) is 19.8. The molecule has 0 spiro atoms. The monoisotopic (exact) mass is 266 g/mol. The molecule has 2 aromatic heterocycles. The van der Waals surface area contributed by atoms with Crippen LogP contribution in [0.1, 0.15) is 19.4 Å². The lowest BCUT2D eigenvalue weighted by molar-refractivity contribution is 0.297. The van der Waals surface area contributed by atoms with Gasteiger partial charge < -0.3 is 14.8 Å². The molecule has 0 aliphatic heterocycles. The lowest BCUT2D eigenvalue weighted by Gasteiger charge is -2.12. The molecule has 0 saturated heterocycles. The molecule has 2 N–H and O–H groups in total. The van der Waals surface area contributed by atoms with Crippen LogP contribution in [0.5, 0.6) is 0 Å². The third kappa shape index (κ3) is 1.53. The van der Waals surface area contributed by atoms with Crippen molar-refractivity contribution in [2.75, 3.05) is 0 Å². The maximum atomic E-state index is 9.93. The van der Waals surface area contributed by atoms with Crippen LogP contribution in [0.3, 0.4) is 0 Å². The summed E-state index contributed by atoms with van der Waals surface area (Å²) in [5.41, 5.74) is 1.15. The highest BCUT2D eigenvalue weighted by Crippen LogP contribution is 2.38. The fourth-order valence-electron chi connectivity index (χ4n) is 2.26. The van der Waals surface area contributed by atoms with Crippen molar-refractivity contribution in [1.82, 2.24) is 19.5 Å². The van der Waals surface area contributed by atoms with Gasteiger partial charge in [-0.15, -0.1) is 0 Å². The molecule has 0 unspecified atom stereocenters. The van der Waals surface area contributed by atoms with E-state index in [9.17, 15) is 10.2 Å². The zero-order valence-corrected chi connectivity index (χ0v) is 10.3. The van der Waals surface area contributed by atoms with Crippen LogP contribution < -0.4 is 0 Å². The van der Waals surface area contributed by atoms with E-state index in [4.69, 9.17) is 11.6 Å². The zero-order chi connectivity index (χ0) is 12.9. The zero-order valence-electron chi connectivity index (χ0n) is 9.58. The number of aliphatic hydroxyl groups excluding tert-OH is 2.